The van der Waals surface area contributed by atoms with Crippen molar-refractivity contribution in [2.75, 3.05) is 6.61 Å². The lowest BCUT2D eigenvalue weighted by Gasteiger charge is -2.21. The SMILES string of the molecule is CC(C)C(CCO)NCc1cccc([N+](=O)[O-])c1. The zero-order valence-corrected chi connectivity index (χ0v) is 10.8. The van der Waals surface area contributed by atoms with Crippen molar-refractivity contribution in [1.29, 1.82) is 0 Å². The Balaban J connectivity index is 2.61. The molecule has 1 unspecified atom stereocenters. The van der Waals surface area contributed by atoms with E-state index >= 15 is 0 Å². The van der Waals surface area contributed by atoms with Gasteiger partial charge in [-0.1, -0.05) is 26.0 Å². The van der Waals surface area contributed by atoms with Gasteiger partial charge in [-0.15, -0.1) is 0 Å². The van der Waals surface area contributed by atoms with E-state index in [1.165, 1.54) is 6.07 Å². The van der Waals surface area contributed by atoms with Crippen LogP contribution in [-0.4, -0.2) is 22.7 Å². The minimum atomic E-state index is -0.392. The highest BCUT2D eigenvalue weighted by molar-refractivity contribution is 5.34. The third-order valence-electron chi connectivity index (χ3n) is 2.93. The molecule has 0 spiro atoms. The Labute approximate surface area is 107 Å². The molecule has 1 aromatic rings. The average molecular weight is 252 g/mol. The molecule has 5 nitrogen and oxygen atoms in total. The van der Waals surface area contributed by atoms with Gasteiger partial charge in [0.25, 0.3) is 5.69 Å². The predicted molar refractivity (Wildman–Crippen MR) is 70.3 cm³/mol. The number of nitro benzene ring substituents is 1. The lowest BCUT2D eigenvalue weighted by molar-refractivity contribution is -0.384. The number of hydrogen-bond acceptors (Lipinski definition) is 4. The summed E-state index contributed by atoms with van der Waals surface area (Å²) in [4.78, 5) is 10.3. The van der Waals surface area contributed by atoms with Gasteiger partial charge >= 0.3 is 0 Å². The fourth-order valence-corrected chi connectivity index (χ4v) is 1.84. The summed E-state index contributed by atoms with van der Waals surface area (Å²) >= 11 is 0. The first-order chi connectivity index (χ1) is 8.54. The van der Waals surface area contributed by atoms with E-state index in [-0.39, 0.29) is 18.3 Å². The van der Waals surface area contributed by atoms with E-state index < -0.39 is 4.92 Å². The van der Waals surface area contributed by atoms with Gasteiger partial charge in [-0.05, 0) is 17.9 Å². The molecule has 0 fully saturated rings. The van der Waals surface area contributed by atoms with Crippen molar-refractivity contribution in [3.63, 3.8) is 0 Å². The van der Waals surface area contributed by atoms with Gasteiger partial charge in [0.05, 0.1) is 4.92 Å². The van der Waals surface area contributed by atoms with Crippen LogP contribution in [0.3, 0.4) is 0 Å². The topological polar surface area (TPSA) is 75.4 Å². The van der Waals surface area contributed by atoms with Crippen molar-refractivity contribution in [3.8, 4) is 0 Å². The van der Waals surface area contributed by atoms with Gasteiger partial charge in [0, 0.05) is 31.3 Å². The molecule has 0 bridgehead atoms. The molecule has 1 rings (SSSR count). The van der Waals surface area contributed by atoms with Crippen molar-refractivity contribution in [3.05, 3.63) is 39.9 Å². The van der Waals surface area contributed by atoms with Crippen molar-refractivity contribution >= 4 is 5.69 Å². The summed E-state index contributed by atoms with van der Waals surface area (Å²) < 4.78 is 0. The zero-order chi connectivity index (χ0) is 13.5. The molecule has 0 aliphatic heterocycles. The van der Waals surface area contributed by atoms with Gasteiger partial charge in [-0.2, -0.15) is 0 Å². The first-order valence-corrected chi connectivity index (χ1v) is 6.12. The number of hydrogen-bond donors (Lipinski definition) is 2. The number of aliphatic hydroxyl groups is 1. The third-order valence-corrected chi connectivity index (χ3v) is 2.93. The quantitative estimate of drug-likeness (QED) is 0.575. The Morgan fingerprint density at radius 1 is 1.44 bits per heavy atom. The van der Waals surface area contributed by atoms with Gasteiger partial charge in [-0.25, -0.2) is 0 Å². The second kappa shape index (κ2) is 7.08. The molecular weight excluding hydrogens is 232 g/mol. The molecule has 0 amide bonds. The van der Waals surface area contributed by atoms with E-state index in [9.17, 15) is 10.1 Å². The van der Waals surface area contributed by atoms with Crippen molar-refractivity contribution in [1.82, 2.24) is 5.32 Å². The lowest BCUT2D eigenvalue weighted by Crippen LogP contribution is -2.34. The molecule has 2 N–H and O–H groups in total. The first kappa shape index (κ1) is 14.6. The summed E-state index contributed by atoms with van der Waals surface area (Å²) in [5.74, 6) is 0.413. The Bertz CT molecular complexity index is 394. The Kier molecular flexibility index (Phi) is 5.74. The minimum absolute atomic E-state index is 0.109. The van der Waals surface area contributed by atoms with Gasteiger partial charge in [0.2, 0.25) is 0 Å². The van der Waals surface area contributed by atoms with E-state index in [1.54, 1.807) is 12.1 Å². The second-order valence-electron chi connectivity index (χ2n) is 4.67. The number of nitrogens with one attached hydrogen (secondary N) is 1. The van der Waals surface area contributed by atoms with Crippen molar-refractivity contribution in [2.24, 2.45) is 5.92 Å². The molecular formula is C13H20N2O3. The molecule has 5 heteroatoms. The molecule has 0 aromatic heterocycles. The van der Waals surface area contributed by atoms with Crippen LogP contribution in [0.5, 0.6) is 0 Å². The number of nitrogens with zero attached hydrogens (tertiary/aromatic N) is 1. The summed E-state index contributed by atoms with van der Waals surface area (Å²) in [5.41, 5.74) is 0.991. The van der Waals surface area contributed by atoms with Crippen LogP contribution in [-0.2, 0) is 6.54 Å². The Morgan fingerprint density at radius 3 is 2.72 bits per heavy atom. The summed E-state index contributed by atoms with van der Waals surface area (Å²) in [5, 5.41) is 22.9. The number of non-ortho nitro benzene ring substituents is 1. The monoisotopic (exact) mass is 252 g/mol. The second-order valence-corrected chi connectivity index (χ2v) is 4.67. The number of nitro groups is 1. The number of benzene rings is 1. The van der Waals surface area contributed by atoms with E-state index in [0.29, 0.717) is 18.9 Å². The summed E-state index contributed by atoms with van der Waals surface area (Å²) in [7, 11) is 0. The van der Waals surface area contributed by atoms with E-state index in [0.717, 1.165) is 5.56 Å². The highest BCUT2D eigenvalue weighted by Crippen LogP contribution is 2.14. The molecule has 0 aliphatic rings. The van der Waals surface area contributed by atoms with E-state index in [4.69, 9.17) is 5.11 Å². The van der Waals surface area contributed by atoms with Crippen molar-refractivity contribution < 1.29 is 10.0 Å². The van der Waals surface area contributed by atoms with Crippen LogP contribution in [0.4, 0.5) is 5.69 Å². The normalized spacial score (nSPS) is 12.7. The largest absolute Gasteiger partial charge is 0.396 e. The van der Waals surface area contributed by atoms with Crippen LogP contribution >= 0.6 is 0 Å². The number of rotatable bonds is 7. The molecule has 0 aliphatic carbocycles. The molecule has 1 atom stereocenters. The first-order valence-electron chi connectivity index (χ1n) is 6.12. The standard InChI is InChI=1S/C13H20N2O3/c1-10(2)13(6-7-16)14-9-11-4-3-5-12(8-11)15(17)18/h3-5,8,10,13-14,16H,6-7,9H2,1-2H3. The molecule has 0 saturated carbocycles. The molecule has 0 saturated heterocycles. The van der Waals surface area contributed by atoms with Crippen LogP contribution in [0.15, 0.2) is 24.3 Å². The third kappa shape index (κ3) is 4.43. The fraction of sp³-hybridized carbons (Fsp3) is 0.538. The highest BCUT2D eigenvalue weighted by atomic mass is 16.6. The smallest absolute Gasteiger partial charge is 0.269 e. The predicted octanol–water partition coefficient (Wildman–Crippen LogP) is 2.09. The number of aliphatic hydroxyl groups excluding tert-OH is 1. The summed E-state index contributed by atoms with van der Waals surface area (Å²) in [6, 6.07) is 6.82. The minimum Gasteiger partial charge on any atom is -0.396 e. The summed E-state index contributed by atoms with van der Waals surface area (Å²) in [6.07, 6.45) is 0.687. The molecule has 100 valence electrons. The van der Waals surface area contributed by atoms with Gasteiger partial charge < -0.3 is 10.4 Å². The van der Waals surface area contributed by atoms with Crippen LogP contribution in [0.25, 0.3) is 0 Å². The van der Waals surface area contributed by atoms with Gasteiger partial charge in [-0.3, -0.25) is 10.1 Å². The van der Waals surface area contributed by atoms with Crippen LogP contribution < -0.4 is 5.32 Å². The fourth-order valence-electron chi connectivity index (χ4n) is 1.84. The zero-order valence-electron chi connectivity index (χ0n) is 10.8. The molecule has 0 radical (unpaired) electrons. The van der Waals surface area contributed by atoms with Crippen LogP contribution in [0, 0.1) is 16.0 Å². The van der Waals surface area contributed by atoms with Gasteiger partial charge in [0.1, 0.15) is 0 Å². The maximum absolute atomic E-state index is 10.7. The average Bonchev–Trinajstić information content (AvgIpc) is 2.34. The van der Waals surface area contributed by atoms with Gasteiger partial charge in [0.15, 0.2) is 0 Å². The van der Waals surface area contributed by atoms with E-state index in [1.807, 2.05) is 6.07 Å². The maximum atomic E-state index is 10.7. The molecule has 18 heavy (non-hydrogen) atoms. The van der Waals surface area contributed by atoms with E-state index in [2.05, 4.69) is 19.2 Å². The molecule has 1 aromatic carbocycles. The van der Waals surface area contributed by atoms with Crippen LogP contribution in [0.2, 0.25) is 0 Å². The Hall–Kier alpha value is -1.46. The Morgan fingerprint density at radius 2 is 2.17 bits per heavy atom. The highest BCUT2D eigenvalue weighted by Gasteiger charge is 2.12. The van der Waals surface area contributed by atoms with Crippen LogP contribution in [0.1, 0.15) is 25.8 Å². The lowest BCUT2D eigenvalue weighted by atomic mass is 10.0. The summed E-state index contributed by atoms with van der Waals surface area (Å²) in [6.45, 7) is 4.89. The van der Waals surface area contributed by atoms with Crippen molar-refractivity contribution in [2.45, 2.75) is 32.9 Å². The molecule has 0 heterocycles. The maximum Gasteiger partial charge on any atom is 0.269 e.